The van der Waals surface area contributed by atoms with Crippen molar-refractivity contribution >= 4 is 17.0 Å². The molecule has 0 aliphatic carbocycles. The van der Waals surface area contributed by atoms with E-state index in [1.165, 1.54) is 29.5 Å². The summed E-state index contributed by atoms with van der Waals surface area (Å²) in [5.41, 5.74) is 0.124. The summed E-state index contributed by atoms with van der Waals surface area (Å²) in [5, 5.41) is 37.5. The zero-order chi connectivity index (χ0) is 15.5. The molecule has 1 heterocycles. The quantitative estimate of drug-likeness (QED) is 0.562. The van der Waals surface area contributed by atoms with E-state index in [1.807, 2.05) is 16.8 Å². The average molecular weight is 308 g/mol. The first-order chi connectivity index (χ1) is 9.90. The summed E-state index contributed by atoms with van der Waals surface area (Å²) in [5.74, 6) is -0.0109. The summed E-state index contributed by atoms with van der Waals surface area (Å²) in [6.45, 7) is 2.19. The van der Waals surface area contributed by atoms with E-state index < -0.39 is 10.5 Å². The van der Waals surface area contributed by atoms with Gasteiger partial charge < -0.3 is 15.5 Å². The second-order valence-electron chi connectivity index (χ2n) is 4.96. The molecule has 1 aromatic carbocycles. The zero-order valence-corrected chi connectivity index (χ0v) is 12.3. The molecule has 3 N–H and O–H groups in total. The highest BCUT2D eigenvalue weighted by Crippen LogP contribution is 2.24. The summed E-state index contributed by atoms with van der Waals surface area (Å²) in [4.78, 5) is 10.2. The minimum absolute atomic E-state index is 0.0109. The van der Waals surface area contributed by atoms with Crippen LogP contribution in [0.15, 0.2) is 35.0 Å². The topological polar surface area (TPSA) is 95.6 Å². The zero-order valence-electron chi connectivity index (χ0n) is 11.4. The van der Waals surface area contributed by atoms with Gasteiger partial charge in [-0.1, -0.05) is 0 Å². The molecule has 0 bridgehead atoms. The lowest BCUT2D eigenvalue weighted by Crippen LogP contribution is -2.34. The van der Waals surface area contributed by atoms with Crippen molar-refractivity contribution in [2.45, 2.75) is 19.1 Å². The molecule has 7 heteroatoms. The minimum Gasteiger partial charge on any atom is -0.508 e. The van der Waals surface area contributed by atoms with Crippen LogP contribution in [0.25, 0.3) is 0 Å². The van der Waals surface area contributed by atoms with Gasteiger partial charge in [-0.2, -0.15) is 11.3 Å². The molecule has 2 rings (SSSR count). The number of thiophene rings is 1. The number of nitro groups is 1. The van der Waals surface area contributed by atoms with Gasteiger partial charge in [0.15, 0.2) is 0 Å². The second kappa shape index (κ2) is 6.21. The number of hydrogen-bond donors (Lipinski definition) is 3. The van der Waals surface area contributed by atoms with E-state index in [2.05, 4.69) is 5.32 Å². The number of nitrogens with one attached hydrogen (secondary N) is 1. The summed E-state index contributed by atoms with van der Waals surface area (Å²) < 4.78 is 0. The highest BCUT2D eigenvalue weighted by atomic mass is 32.1. The van der Waals surface area contributed by atoms with E-state index in [0.717, 1.165) is 5.56 Å². The SMILES string of the molecule is CC(O)(CNCc1cc([N+](=O)[O-])ccc1O)c1ccsc1. The molecule has 1 atom stereocenters. The Morgan fingerprint density at radius 3 is 2.81 bits per heavy atom. The van der Waals surface area contributed by atoms with Crippen molar-refractivity contribution in [3.63, 3.8) is 0 Å². The van der Waals surface area contributed by atoms with Crippen molar-refractivity contribution in [3.8, 4) is 5.75 Å². The number of aliphatic hydroxyl groups is 1. The van der Waals surface area contributed by atoms with Gasteiger partial charge >= 0.3 is 0 Å². The summed E-state index contributed by atoms with van der Waals surface area (Å²) in [7, 11) is 0. The molecule has 112 valence electrons. The Balaban J connectivity index is 2.00. The number of benzene rings is 1. The summed E-state index contributed by atoms with van der Waals surface area (Å²) in [6.07, 6.45) is 0. The normalized spacial score (nSPS) is 13.8. The number of phenolic OH excluding ortho intramolecular Hbond substituents is 1. The van der Waals surface area contributed by atoms with Crippen LogP contribution in [0.2, 0.25) is 0 Å². The number of hydrogen-bond acceptors (Lipinski definition) is 6. The molecule has 0 spiro atoms. The minimum atomic E-state index is -1.03. The first kappa shape index (κ1) is 15.4. The summed E-state index contributed by atoms with van der Waals surface area (Å²) >= 11 is 1.50. The van der Waals surface area contributed by atoms with Gasteiger partial charge in [-0.25, -0.2) is 0 Å². The molecule has 1 unspecified atom stereocenters. The molecule has 1 aromatic heterocycles. The first-order valence-electron chi connectivity index (χ1n) is 6.32. The number of nitrogens with zero attached hydrogens (tertiary/aromatic N) is 1. The molecule has 2 aromatic rings. The molecule has 0 fully saturated rings. The molecular weight excluding hydrogens is 292 g/mol. The second-order valence-corrected chi connectivity index (χ2v) is 5.74. The van der Waals surface area contributed by atoms with Crippen molar-refractivity contribution in [3.05, 3.63) is 56.3 Å². The van der Waals surface area contributed by atoms with E-state index >= 15 is 0 Å². The Morgan fingerprint density at radius 1 is 1.43 bits per heavy atom. The van der Waals surface area contributed by atoms with Crippen molar-refractivity contribution in [1.82, 2.24) is 5.32 Å². The molecule has 0 amide bonds. The van der Waals surface area contributed by atoms with Crippen LogP contribution in [-0.4, -0.2) is 21.7 Å². The highest BCUT2D eigenvalue weighted by Gasteiger charge is 2.23. The van der Waals surface area contributed by atoms with Gasteiger partial charge in [-0.05, 0) is 35.4 Å². The van der Waals surface area contributed by atoms with Crippen LogP contribution in [0.3, 0.4) is 0 Å². The monoisotopic (exact) mass is 308 g/mol. The lowest BCUT2D eigenvalue weighted by Gasteiger charge is -2.23. The average Bonchev–Trinajstić information content (AvgIpc) is 2.95. The van der Waals surface area contributed by atoms with E-state index in [0.29, 0.717) is 5.56 Å². The van der Waals surface area contributed by atoms with Crippen LogP contribution in [0.5, 0.6) is 5.75 Å². The van der Waals surface area contributed by atoms with Crippen LogP contribution in [0.1, 0.15) is 18.1 Å². The Labute approximate surface area is 125 Å². The fraction of sp³-hybridized carbons (Fsp3) is 0.286. The number of nitro benzene ring substituents is 1. The molecule has 0 aliphatic rings. The maximum absolute atomic E-state index is 10.7. The maximum atomic E-state index is 10.7. The summed E-state index contributed by atoms with van der Waals surface area (Å²) in [6, 6.07) is 5.71. The maximum Gasteiger partial charge on any atom is 0.270 e. The van der Waals surface area contributed by atoms with Crippen molar-refractivity contribution in [2.75, 3.05) is 6.54 Å². The molecule has 6 nitrogen and oxygen atoms in total. The van der Waals surface area contributed by atoms with Crippen LogP contribution >= 0.6 is 11.3 Å². The highest BCUT2D eigenvalue weighted by molar-refractivity contribution is 7.08. The molecular formula is C14H16N2O4S. The van der Waals surface area contributed by atoms with Gasteiger partial charge in [0.1, 0.15) is 5.75 Å². The smallest absolute Gasteiger partial charge is 0.270 e. The fourth-order valence-corrected chi connectivity index (χ4v) is 2.72. The third-order valence-electron chi connectivity index (χ3n) is 3.20. The Kier molecular flexibility index (Phi) is 4.56. The molecule has 0 radical (unpaired) electrons. The van der Waals surface area contributed by atoms with E-state index in [-0.39, 0.29) is 24.5 Å². The number of phenols is 1. The standard InChI is InChI=1S/C14H16N2O4S/c1-14(18,11-4-5-21-8-11)9-15-7-10-6-12(16(19)20)2-3-13(10)17/h2-6,8,15,17-18H,7,9H2,1H3. The first-order valence-corrected chi connectivity index (χ1v) is 7.26. The van der Waals surface area contributed by atoms with Gasteiger partial charge in [0.2, 0.25) is 0 Å². The van der Waals surface area contributed by atoms with Gasteiger partial charge in [0.25, 0.3) is 5.69 Å². The molecule has 21 heavy (non-hydrogen) atoms. The fourth-order valence-electron chi connectivity index (χ4n) is 1.94. The van der Waals surface area contributed by atoms with E-state index in [4.69, 9.17) is 0 Å². The van der Waals surface area contributed by atoms with Gasteiger partial charge in [-0.15, -0.1) is 0 Å². The molecule has 0 aliphatic heterocycles. The van der Waals surface area contributed by atoms with Crippen LogP contribution in [0, 0.1) is 10.1 Å². The Morgan fingerprint density at radius 2 is 2.19 bits per heavy atom. The molecule has 0 saturated heterocycles. The van der Waals surface area contributed by atoms with Gasteiger partial charge in [0.05, 0.1) is 10.5 Å². The number of rotatable bonds is 6. The predicted octanol–water partition coefficient (Wildman–Crippen LogP) is 2.36. The third-order valence-corrected chi connectivity index (χ3v) is 3.88. The van der Waals surface area contributed by atoms with Crippen LogP contribution in [-0.2, 0) is 12.1 Å². The largest absolute Gasteiger partial charge is 0.508 e. The number of aromatic hydroxyl groups is 1. The molecule has 0 saturated carbocycles. The van der Waals surface area contributed by atoms with Crippen molar-refractivity contribution < 1.29 is 15.1 Å². The van der Waals surface area contributed by atoms with E-state index in [9.17, 15) is 20.3 Å². The predicted molar refractivity (Wildman–Crippen MR) is 80.4 cm³/mol. The van der Waals surface area contributed by atoms with Crippen LogP contribution < -0.4 is 5.32 Å². The third kappa shape index (κ3) is 3.78. The lowest BCUT2D eigenvalue weighted by molar-refractivity contribution is -0.384. The van der Waals surface area contributed by atoms with Crippen molar-refractivity contribution in [1.29, 1.82) is 0 Å². The van der Waals surface area contributed by atoms with E-state index in [1.54, 1.807) is 6.92 Å². The number of non-ortho nitro benzene ring substituents is 1. The van der Waals surface area contributed by atoms with Crippen LogP contribution in [0.4, 0.5) is 5.69 Å². The van der Waals surface area contributed by atoms with Crippen molar-refractivity contribution in [2.24, 2.45) is 0 Å². The Hall–Kier alpha value is -1.96. The van der Waals surface area contributed by atoms with Gasteiger partial charge in [0, 0.05) is 30.8 Å². The lowest BCUT2D eigenvalue weighted by atomic mass is 9.99. The van der Waals surface area contributed by atoms with Gasteiger partial charge in [-0.3, -0.25) is 10.1 Å². The Bertz CT molecular complexity index is 626.